The lowest BCUT2D eigenvalue weighted by atomic mass is 10.3. The van der Waals surface area contributed by atoms with Crippen LogP contribution in [-0.4, -0.2) is 41.2 Å². The summed E-state index contributed by atoms with van der Waals surface area (Å²) < 4.78 is 1.04. The third-order valence-electron chi connectivity index (χ3n) is 3.62. The maximum atomic E-state index is 5.52. The maximum Gasteiger partial charge on any atom is 0.173 e. The minimum absolute atomic E-state index is 0.777. The monoisotopic (exact) mass is 376 g/mol. The fourth-order valence-corrected chi connectivity index (χ4v) is 3.15. The van der Waals surface area contributed by atoms with Crippen LogP contribution < -0.4 is 10.2 Å². The van der Waals surface area contributed by atoms with Crippen molar-refractivity contribution in [2.75, 3.05) is 36.4 Å². The van der Waals surface area contributed by atoms with E-state index in [1.54, 1.807) is 0 Å². The van der Waals surface area contributed by atoms with Crippen molar-refractivity contribution in [1.29, 1.82) is 0 Å². The van der Waals surface area contributed by atoms with Gasteiger partial charge in [0.2, 0.25) is 0 Å². The lowest BCUT2D eigenvalue weighted by molar-refractivity contribution is 0.389. The van der Waals surface area contributed by atoms with Crippen LogP contribution >= 0.6 is 28.1 Å². The number of pyridine rings is 1. The van der Waals surface area contributed by atoms with E-state index in [-0.39, 0.29) is 0 Å². The summed E-state index contributed by atoms with van der Waals surface area (Å²) in [6.07, 6.45) is 1.83. The summed E-state index contributed by atoms with van der Waals surface area (Å²) in [4.78, 5) is 8.90. The van der Waals surface area contributed by atoms with Crippen LogP contribution in [0, 0.1) is 0 Å². The van der Waals surface area contributed by atoms with Crippen molar-refractivity contribution in [3.8, 4) is 0 Å². The highest BCUT2D eigenvalue weighted by Gasteiger charge is 2.19. The highest BCUT2D eigenvalue weighted by Crippen LogP contribution is 2.17. The molecule has 0 bridgehead atoms. The first-order valence-electron chi connectivity index (χ1n) is 7.20. The molecule has 1 aromatic heterocycles. The second kappa shape index (κ2) is 7.07. The Labute approximate surface area is 144 Å². The molecule has 6 heteroatoms. The second-order valence-corrected chi connectivity index (χ2v) is 6.40. The van der Waals surface area contributed by atoms with E-state index in [9.17, 15) is 0 Å². The van der Waals surface area contributed by atoms with Crippen molar-refractivity contribution in [3.05, 3.63) is 53.1 Å². The minimum atomic E-state index is 0.777. The number of nitrogens with one attached hydrogen (secondary N) is 1. The van der Waals surface area contributed by atoms with E-state index in [0.717, 1.165) is 47.3 Å². The number of aromatic nitrogens is 1. The fraction of sp³-hybridized carbons (Fsp3) is 0.250. The van der Waals surface area contributed by atoms with Crippen LogP contribution in [0.1, 0.15) is 0 Å². The van der Waals surface area contributed by atoms with E-state index in [0.29, 0.717) is 0 Å². The van der Waals surface area contributed by atoms with Crippen molar-refractivity contribution >= 4 is 44.8 Å². The topological polar surface area (TPSA) is 31.4 Å². The van der Waals surface area contributed by atoms with Crippen LogP contribution in [0.3, 0.4) is 0 Å². The molecule has 1 saturated heterocycles. The molecule has 0 atom stereocenters. The lowest BCUT2D eigenvalue weighted by Gasteiger charge is -2.36. The Balaban J connectivity index is 1.56. The summed E-state index contributed by atoms with van der Waals surface area (Å²) in [6, 6.07) is 14.0. The highest BCUT2D eigenvalue weighted by molar-refractivity contribution is 9.10. The Morgan fingerprint density at radius 1 is 1.09 bits per heavy atom. The zero-order valence-corrected chi connectivity index (χ0v) is 14.5. The molecule has 1 aliphatic rings. The number of rotatable bonds is 2. The number of hydrogen-bond donors (Lipinski definition) is 1. The van der Waals surface area contributed by atoms with Gasteiger partial charge in [0, 0.05) is 42.5 Å². The van der Waals surface area contributed by atoms with Gasteiger partial charge in [-0.25, -0.2) is 4.98 Å². The molecule has 22 heavy (non-hydrogen) atoms. The zero-order valence-electron chi connectivity index (χ0n) is 12.1. The van der Waals surface area contributed by atoms with Gasteiger partial charge in [0.15, 0.2) is 5.11 Å². The molecule has 0 aliphatic carbocycles. The molecule has 0 saturated carbocycles. The van der Waals surface area contributed by atoms with Crippen molar-refractivity contribution in [2.45, 2.75) is 0 Å². The average Bonchev–Trinajstić information content (AvgIpc) is 2.56. The number of nitrogens with zero attached hydrogens (tertiary/aromatic N) is 3. The predicted octanol–water partition coefficient (Wildman–Crippen LogP) is 3.36. The summed E-state index contributed by atoms with van der Waals surface area (Å²) in [6.45, 7) is 3.65. The Morgan fingerprint density at radius 3 is 2.59 bits per heavy atom. The van der Waals surface area contributed by atoms with Crippen LogP contribution in [0.15, 0.2) is 53.1 Å². The van der Waals surface area contributed by atoms with Gasteiger partial charge in [0.1, 0.15) is 5.82 Å². The standard InChI is InChI=1S/C16H17BrN4S/c17-13-4-3-5-14(12-13)19-16(22)21-10-8-20(9-11-21)15-6-1-2-7-18-15/h1-7,12H,8-11H2,(H,19,22). The zero-order chi connectivity index (χ0) is 15.4. The van der Waals surface area contributed by atoms with E-state index in [1.165, 1.54) is 0 Å². The highest BCUT2D eigenvalue weighted by atomic mass is 79.9. The smallest absolute Gasteiger partial charge is 0.173 e. The minimum Gasteiger partial charge on any atom is -0.353 e. The third-order valence-corrected chi connectivity index (χ3v) is 4.47. The van der Waals surface area contributed by atoms with Gasteiger partial charge in [-0.15, -0.1) is 0 Å². The van der Waals surface area contributed by atoms with Gasteiger partial charge >= 0.3 is 0 Å². The van der Waals surface area contributed by atoms with Crippen LogP contribution in [0.5, 0.6) is 0 Å². The van der Waals surface area contributed by atoms with Gasteiger partial charge in [0.25, 0.3) is 0 Å². The molecule has 0 amide bonds. The number of halogens is 1. The molecular formula is C16H17BrN4S. The Morgan fingerprint density at radius 2 is 1.91 bits per heavy atom. The molecule has 1 aromatic carbocycles. The molecule has 1 aliphatic heterocycles. The van der Waals surface area contributed by atoms with Gasteiger partial charge in [-0.3, -0.25) is 0 Å². The van der Waals surface area contributed by atoms with Gasteiger partial charge < -0.3 is 15.1 Å². The Hall–Kier alpha value is -1.66. The first-order chi connectivity index (χ1) is 10.7. The molecule has 114 valence electrons. The number of hydrogen-bond acceptors (Lipinski definition) is 3. The van der Waals surface area contributed by atoms with Crippen molar-refractivity contribution in [1.82, 2.24) is 9.88 Å². The van der Waals surface area contributed by atoms with E-state index < -0.39 is 0 Å². The first-order valence-corrected chi connectivity index (χ1v) is 8.40. The third kappa shape index (κ3) is 3.75. The summed E-state index contributed by atoms with van der Waals surface area (Å²) in [7, 11) is 0. The molecule has 2 aromatic rings. The van der Waals surface area contributed by atoms with Crippen LogP contribution in [0.2, 0.25) is 0 Å². The number of benzene rings is 1. The fourth-order valence-electron chi connectivity index (χ4n) is 2.45. The van der Waals surface area contributed by atoms with Crippen molar-refractivity contribution < 1.29 is 0 Å². The van der Waals surface area contributed by atoms with Gasteiger partial charge in [0.05, 0.1) is 0 Å². The molecule has 4 nitrogen and oxygen atoms in total. The van der Waals surface area contributed by atoms with Crippen LogP contribution in [0.4, 0.5) is 11.5 Å². The number of anilines is 2. The molecule has 0 radical (unpaired) electrons. The second-order valence-electron chi connectivity index (χ2n) is 5.10. The molecular weight excluding hydrogens is 360 g/mol. The average molecular weight is 377 g/mol. The van der Waals surface area contributed by atoms with Crippen LogP contribution in [-0.2, 0) is 0 Å². The number of thiocarbonyl (C=S) groups is 1. The molecule has 0 spiro atoms. The number of piperazine rings is 1. The molecule has 3 rings (SSSR count). The van der Waals surface area contributed by atoms with Gasteiger partial charge in [-0.05, 0) is 42.5 Å². The van der Waals surface area contributed by atoms with E-state index in [2.05, 4.69) is 36.0 Å². The first kappa shape index (κ1) is 15.2. The largest absolute Gasteiger partial charge is 0.353 e. The molecule has 1 N–H and O–H groups in total. The Bertz CT molecular complexity index is 642. The normalized spacial score (nSPS) is 14.8. The van der Waals surface area contributed by atoms with Crippen molar-refractivity contribution in [2.24, 2.45) is 0 Å². The van der Waals surface area contributed by atoms with E-state index >= 15 is 0 Å². The summed E-state index contributed by atoms with van der Waals surface area (Å²) in [5.74, 6) is 1.04. The summed E-state index contributed by atoms with van der Waals surface area (Å²) in [5, 5.41) is 4.08. The van der Waals surface area contributed by atoms with Crippen molar-refractivity contribution in [3.63, 3.8) is 0 Å². The Kier molecular flexibility index (Phi) is 4.90. The lowest BCUT2D eigenvalue weighted by Crippen LogP contribution is -2.50. The van der Waals surface area contributed by atoms with Crippen LogP contribution in [0.25, 0.3) is 0 Å². The van der Waals surface area contributed by atoms with Gasteiger partial charge in [-0.2, -0.15) is 0 Å². The van der Waals surface area contributed by atoms with E-state index in [4.69, 9.17) is 12.2 Å². The maximum absolute atomic E-state index is 5.52. The summed E-state index contributed by atoms with van der Waals surface area (Å²) >= 11 is 8.99. The van der Waals surface area contributed by atoms with E-state index in [1.807, 2.05) is 48.7 Å². The predicted molar refractivity (Wildman–Crippen MR) is 98.4 cm³/mol. The SMILES string of the molecule is S=C(Nc1cccc(Br)c1)N1CCN(c2ccccn2)CC1. The molecule has 2 heterocycles. The molecule has 0 unspecified atom stereocenters. The van der Waals surface area contributed by atoms with Gasteiger partial charge in [-0.1, -0.05) is 28.1 Å². The quantitative estimate of drug-likeness (QED) is 0.812. The summed E-state index contributed by atoms with van der Waals surface area (Å²) in [5.41, 5.74) is 1.01. The molecule has 1 fully saturated rings.